The quantitative estimate of drug-likeness (QED) is 0.709. The van der Waals surface area contributed by atoms with Crippen LogP contribution in [0, 0.1) is 5.92 Å². The number of hydrogen-bond donors (Lipinski definition) is 2. The van der Waals surface area contributed by atoms with Crippen molar-refractivity contribution < 1.29 is 18.3 Å². The van der Waals surface area contributed by atoms with Crippen molar-refractivity contribution in [2.24, 2.45) is 5.92 Å². The molecule has 3 rings (SSSR count). The molecule has 0 aliphatic carbocycles. The second-order valence-electron chi connectivity index (χ2n) is 6.77. The van der Waals surface area contributed by atoms with Crippen molar-refractivity contribution in [3.8, 4) is 0 Å². The lowest BCUT2D eigenvalue weighted by atomic mass is 9.98. The normalized spacial score (nSPS) is 15.6. The molecule has 0 unspecified atom stereocenters. The summed E-state index contributed by atoms with van der Waals surface area (Å²) in [5.41, 5.74) is 0.950. The Morgan fingerprint density at radius 3 is 2.37 bits per heavy atom. The minimum absolute atomic E-state index is 0.0977. The Bertz CT molecular complexity index is 937. The molecule has 6 nitrogen and oxygen atoms in total. The van der Waals surface area contributed by atoms with E-state index in [9.17, 15) is 18.3 Å². The summed E-state index contributed by atoms with van der Waals surface area (Å²) in [6.07, 6.45) is 2.02. The molecule has 8 heteroatoms. The standard InChI is InChI=1S/C19H21BrN2O4S/c1-13-8-10-22(11-9-13)18-7-4-15(12-17(18)19(23)24)21-27(25,26)16-5-2-14(20)3-6-16/h2-7,12-13,21H,8-11H2,1H3,(H,23,24). The first-order valence-corrected chi connectivity index (χ1v) is 10.9. The van der Waals surface area contributed by atoms with Crippen LogP contribution in [0.15, 0.2) is 51.8 Å². The average Bonchev–Trinajstić information content (AvgIpc) is 2.62. The molecule has 1 aliphatic rings. The Morgan fingerprint density at radius 1 is 1.15 bits per heavy atom. The largest absolute Gasteiger partial charge is 0.478 e. The zero-order chi connectivity index (χ0) is 19.6. The summed E-state index contributed by atoms with van der Waals surface area (Å²) >= 11 is 3.27. The van der Waals surface area contributed by atoms with Gasteiger partial charge in [-0.15, -0.1) is 0 Å². The molecule has 2 aromatic rings. The van der Waals surface area contributed by atoms with Gasteiger partial charge in [0.1, 0.15) is 0 Å². The van der Waals surface area contributed by atoms with E-state index >= 15 is 0 Å². The minimum Gasteiger partial charge on any atom is -0.478 e. The Morgan fingerprint density at radius 2 is 1.78 bits per heavy atom. The third-order valence-corrected chi connectivity index (χ3v) is 6.65. The molecule has 0 amide bonds. The molecule has 144 valence electrons. The molecule has 0 saturated carbocycles. The van der Waals surface area contributed by atoms with E-state index in [0.29, 0.717) is 11.6 Å². The maximum atomic E-state index is 12.5. The second kappa shape index (κ2) is 7.90. The molecule has 0 spiro atoms. The van der Waals surface area contributed by atoms with E-state index in [0.717, 1.165) is 30.4 Å². The first-order valence-electron chi connectivity index (χ1n) is 8.67. The monoisotopic (exact) mass is 452 g/mol. The number of nitrogens with zero attached hydrogens (tertiary/aromatic N) is 1. The van der Waals surface area contributed by atoms with Crippen molar-refractivity contribution in [2.45, 2.75) is 24.7 Å². The highest BCUT2D eigenvalue weighted by Gasteiger charge is 2.22. The van der Waals surface area contributed by atoms with Gasteiger partial charge in [0.15, 0.2) is 0 Å². The Hall–Kier alpha value is -2.06. The summed E-state index contributed by atoms with van der Waals surface area (Å²) in [7, 11) is -3.79. The van der Waals surface area contributed by atoms with Crippen LogP contribution in [0.5, 0.6) is 0 Å². The predicted molar refractivity (Wildman–Crippen MR) is 109 cm³/mol. The summed E-state index contributed by atoms with van der Waals surface area (Å²) in [5, 5.41) is 9.61. The molecule has 2 aromatic carbocycles. The number of halogens is 1. The van der Waals surface area contributed by atoms with Crippen LogP contribution in [0.2, 0.25) is 0 Å². The molecular formula is C19H21BrN2O4S. The highest BCUT2D eigenvalue weighted by atomic mass is 79.9. The highest BCUT2D eigenvalue weighted by Crippen LogP contribution is 2.29. The number of aromatic carboxylic acids is 1. The van der Waals surface area contributed by atoms with Gasteiger partial charge in [-0.3, -0.25) is 4.72 Å². The maximum Gasteiger partial charge on any atom is 0.337 e. The lowest BCUT2D eigenvalue weighted by molar-refractivity contribution is 0.0697. The zero-order valence-electron chi connectivity index (χ0n) is 14.9. The molecule has 0 aromatic heterocycles. The van der Waals surface area contributed by atoms with Crippen molar-refractivity contribution >= 4 is 43.3 Å². The number of sulfonamides is 1. The lowest BCUT2D eigenvalue weighted by Crippen LogP contribution is -2.33. The van der Waals surface area contributed by atoms with Gasteiger partial charge in [-0.25, -0.2) is 13.2 Å². The van der Waals surface area contributed by atoms with Gasteiger partial charge in [-0.1, -0.05) is 22.9 Å². The van der Waals surface area contributed by atoms with Crippen molar-refractivity contribution in [1.29, 1.82) is 0 Å². The van der Waals surface area contributed by atoms with E-state index in [2.05, 4.69) is 32.5 Å². The molecule has 2 N–H and O–H groups in total. The van der Waals surface area contributed by atoms with Gasteiger partial charge in [0.05, 0.1) is 16.1 Å². The molecule has 0 bridgehead atoms. The van der Waals surface area contributed by atoms with E-state index in [4.69, 9.17) is 0 Å². The van der Waals surface area contributed by atoms with Crippen LogP contribution >= 0.6 is 15.9 Å². The van der Waals surface area contributed by atoms with Crippen molar-refractivity contribution in [3.05, 3.63) is 52.5 Å². The van der Waals surface area contributed by atoms with E-state index in [1.807, 2.05) is 0 Å². The summed E-state index contributed by atoms with van der Waals surface area (Å²) in [6.45, 7) is 3.78. The van der Waals surface area contributed by atoms with Gasteiger partial charge in [0.25, 0.3) is 10.0 Å². The van der Waals surface area contributed by atoms with E-state index in [1.54, 1.807) is 24.3 Å². The summed E-state index contributed by atoms with van der Waals surface area (Å²) < 4.78 is 28.3. The van der Waals surface area contributed by atoms with E-state index in [1.165, 1.54) is 18.2 Å². The molecule has 0 atom stereocenters. The number of nitrogens with one attached hydrogen (secondary N) is 1. The number of benzene rings is 2. The van der Waals surface area contributed by atoms with Gasteiger partial charge >= 0.3 is 5.97 Å². The van der Waals surface area contributed by atoms with Crippen LogP contribution in [0.3, 0.4) is 0 Å². The van der Waals surface area contributed by atoms with Crippen molar-refractivity contribution in [1.82, 2.24) is 0 Å². The van der Waals surface area contributed by atoms with Crippen LogP contribution in [-0.2, 0) is 10.0 Å². The number of hydrogen-bond acceptors (Lipinski definition) is 4. The van der Waals surface area contributed by atoms with E-state index in [-0.39, 0.29) is 16.1 Å². The van der Waals surface area contributed by atoms with E-state index < -0.39 is 16.0 Å². The first-order chi connectivity index (χ1) is 12.8. The first kappa shape index (κ1) is 19.7. The van der Waals surface area contributed by atoms with Crippen molar-refractivity contribution in [3.63, 3.8) is 0 Å². The van der Waals surface area contributed by atoms with Crippen LogP contribution < -0.4 is 9.62 Å². The fourth-order valence-electron chi connectivity index (χ4n) is 3.12. The van der Waals surface area contributed by atoms with Crippen molar-refractivity contribution in [2.75, 3.05) is 22.7 Å². The van der Waals surface area contributed by atoms with Crippen LogP contribution in [0.25, 0.3) is 0 Å². The number of carboxylic acid groups (broad SMARTS) is 1. The second-order valence-corrected chi connectivity index (χ2v) is 9.36. The number of carbonyl (C=O) groups is 1. The van der Waals surface area contributed by atoms with Crippen LogP contribution in [0.4, 0.5) is 11.4 Å². The van der Waals surface area contributed by atoms with Gasteiger partial charge in [0, 0.05) is 23.2 Å². The Labute approximate surface area is 167 Å². The van der Waals surface area contributed by atoms with Crippen LogP contribution in [0.1, 0.15) is 30.1 Å². The molecule has 27 heavy (non-hydrogen) atoms. The molecule has 1 aliphatic heterocycles. The molecule has 1 fully saturated rings. The number of anilines is 2. The number of rotatable bonds is 5. The van der Waals surface area contributed by atoms with Gasteiger partial charge in [0.2, 0.25) is 0 Å². The topological polar surface area (TPSA) is 86.7 Å². The van der Waals surface area contributed by atoms with Gasteiger partial charge in [-0.2, -0.15) is 0 Å². The van der Waals surface area contributed by atoms with Gasteiger partial charge in [-0.05, 0) is 61.2 Å². The lowest BCUT2D eigenvalue weighted by Gasteiger charge is -2.33. The third kappa shape index (κ3) is 4.62. The fraction of sp³-hybridized carbons (Fsp3) is 0.316. The zero-order valence-corrected chi connectivity index (χ0v) is 17.3. The molecular weight excluding hydrogens is 432 g/mol. The fourth-order valence-corrected chi connectivity index (χ4v) is 4.44. The smallest absolute Gasteiger partial charge is 0.337 e. The highest BCUT2D eigenvalue weighted by molar-refractivity contribution is 9.10. The Balaban J connectivity index is 1.87. The number of carboxylic acids is 1. The molecule has 1 saturated heterocycles. The SMILES string of the molecule is CC1CCN(c2ccc(NS(=O)(=O)c3ccc(Br)cc3)cc2C(=O)O)CC1. The average molecular weight is 453 g/mol. The maximum absolute atomic E-state index is 12.5. The van der Waals surface area contributed by atoms with Gasteiger partial charge < -0.3 is 10.0 Å². The third-order valence-electron chi connectivity index (χ3n) is 4.73. The summed E-state index contributed by atoms with van der Waals surface area (Å²) in [4.78, 5) is 13.9. The summed E-state index contributed by atoms with van der Waals surface area (Å²) in [6, 6.07) is 10.9. The predicted octanol–water partition coefficient (Wildman–Crippen LogP) is 4.18. The molecule has 1 heterocycles. The number of piperidine rings is 1. The molecule has 0 radical (unpaired) electrons. The summed E-state index contributed by atoms with van der Waals surface area (Å²) in [5.74, 6) is -0.445. The van der Waals surface area contributed by atoms with Crippen LogP contribution in [-0.4, -0.2) is 32.6 Å². The minimum atomic E-state index is -3.79. The Kier molecular flexibility index (Phi) is 5.76.